The lowest BCUT2D eigenvalue weighted by molar-refractivity contribution is -0.197. The lowest BCUT2D eigenvalue weighted by Gasteiger charge is -2.27. The molecule has 3 heterocycles. The van der Waals surface area contributed by atoms with Crippen LogP contribution in [0.2, 0.25) is 0 Å². The molecule has 0 aromatic heterocycles. The summed E-state index contributed by atoms with van der Waals surface area (Å²) in [7, 11) is -13.1. The second-order valence-corrected chi connectivity index (χ2v) is 21.5. The highest BCUT2D eigenvalue weighted by molar-refractivity contribution is 7.86. The molecule has 3 aliphatic heterocycles. The zero-order chi connectivity index (χ0) is 48.1. The minimum Gasteiger partial charge on any atom is -0.344 e. The van der Waals surface area contributed by atoms with Crippen molar-refractivity contribution in [3.8, 4) is 0 Å². The standard InChI is InChI=1S/C44H51ClN4O13S3/c1-6-32(45)27-35-42(46-22-8-24-63(53,54)55)47-37(43(35,2)3)17-13-30(31-11-7-10-29(26-31)12-21-41(52)62-49-39(50)19-20-40(49)51)14-18-38-44(4,5)34-28-33(65(59,60)61)15-16-36(34)48(38)23-9-25-64(56,57)58/h6-7,10-11,13-18,26-28H,8-9,12,19-25H2,1-5H3,(H,53,54,55)(H,56,57,58)(H,59,60,61)/b17-13+,30-14-,32-6+,35-27+,38-18+,46-42-. The summed E-state index contributed by atoms with van der Waals surface area (Å²) in [5.41, 5.74) is 3.20. The molecule has 0 atom stereocenters. The lowest BCUT2D eigenvalue weighted by atomic mass is 9.80. The fourth-order valence-corrected chi connectivity index (χ4v) is 9.10. The van der Waals surface area contributed by atoms with E-state index in [4.69, 9.17) is 21.4 Å². The molecule has 5 rings (SSSR count). The van der Waals surface area contributed by atoms with Gasteiger partial charge < -0.3 is 9.74 Å². The van der Waals surface area contributed by atoms with E-state index in [2.05, 4.69) is 4.99 Å². The average molecular weight is 976 g/mol. The first-order valence-corrected chi connectivity index (χ1v) is 25.5. The van der Waals surface area contributed by atoms with Gasteiger partial charge in [0, 0.05) is 58.8 Å². The molecule has 0 aliphatic carbocycles. The molecule has 17 nitrogen and oxygen atoms in total. The van der Waals surface area contributed by atoms with Gasteiger partial charge in [0.15, 0.2) is 5.84 Å². The van der Waals surface area contributed by atoms with Crippen molar-refractivity contribution >= 4 is 82.5 Å². The van der Waals surface area contributed by atoms with Gasteiger partial charge in [-0.25, -0.2) is 9.79 Å². The van der Waals surface area contributed by atoms with Crippen LogP contribution in [0.3, 0.4) is 0 Å². The summed E-state index contributed by atoms with van der Waals surface area (Å²) >= 11 is 6.47. The molecule has 65 heavy (non-hydrogen) atoms. The SMILES string of the molecule is C\C=C(Cl)/C=C1\C(=N\CCCS(=O)(=O)O)N=C(/C=C/C(=C/C=C2/N(CCCS(=O)(=O)O)c3ccc(S(=O)(=O)O)cc3C2(C)C)c2cccc(CCC(=O)ON3C(=O)CCC3=O)c2)C1(C)C. The van der Waals surface area contributed by atoms with Gasteiger partial charge in [-0.05, 0) is 84.9 Å². The maximum atomic E-state index is 12.7. The van der Waals surface area contributed by atoms with Gasteiger partial charge in [-0.1, -0.05) is 81.8 Å². The Labute approximate surface area is 384 Å². The number of amidine groups is 1. The highest BCUT2D eigenvalue weighted by Gasteiger charge is 2.41. The van der Waals surface area contributed by atoms with Crippen molar-refractivity contribution < 1.29 is 58.1 Å². The number of aryl methyl sites for hydroxylation is 1. The molecule has 0 bridgehead atoms. The number of halogens is 1. The van der Waals surface area contributed by atoms with E-state index in [0.717, 1.165) is 0 Å². The number of hydroxylamine groups is 2. The number of amides is 2. The number of aliphatic imine (C=N–C) groups is 2. The van der Waals surface area contributed by atoms with Crippen molar-refractivity contribution in [1.82, 2.24) is 5.06 Å². The van der Waals surface area contributed by atoms with Crippen molar-refractivity contribution in [1.29, 1.82) is 0 Å². The molecular weight excluding hydrogens is 924 g/mol. The molecule has 350 valence electrons. The molecule has 1 saturated heterocycles. The zero-order valence-electron chi connectivity index (χ0n) is 36.4. The third kappa shape index (κ3) is 13.1. The Morgan fingerprint density at radius 3 is 2.22 bits per heavy atom. The second-order valence-electron chi connectivity index (χ2n) is 16.5. The molecule has 0 radical (unpaired) electrons. The molecule has 2 aromatic rings. The number of rotatable bonds is 18. The Morgan fingerprint density at radius 2 is 1.58 bits per heavy atom. The topological polar surface area (TPSA) is 255 Å². The summed E-state index contributed by atoms with van der Waals surface area (Å²) in [6.45, 7) is 9.44. The van der Waals surface area contributed by atoms with Crippen LogP contribution in [0.1, 0.15) is 83.4 Å². The van der Waals surface area contributed by atoms with Gasteiger partial charge in [0.2, 0.25) is 0 Å². The number of carbonyl (C=O) groups is 3. The first-order chi connectivity index (χ1) is 30.2. The lowest BCUT2D eigenvalue weighted by Crippen LogP contribution is -2.32. The van der Waals surface area contributed by atoms with Gasteiger partial charge >= 0.3 is 5.97 Å². The number of imide groups is 1. The smallest absolute Gasteiger partial charge is 0.333 e. The van der Waals surface area contributed by atoms with E-state index in [0.29, 0.717) is 60.9 Å². The number of allylic oxidation sites excluding steroid dienone is 9. The largest absolute Gasteiger partial charge is 0.344 e. The monoisotopic (exact) mass is 974 g/mol. The van der Waals surface area contributed by atoms with Crippen molar-refractivity contribution in [3.05, 3.63) is 112 Å². The molecule has 2 amide bonds. The normalized spacial score (nSPS) is 19.9. The molecule has 3 N–H and O–H groups in total. The van der Waals surface area contributed by atoms with Crippen LogP contribution in [-0.2, 0) is 61.4 Å². The fourth-order valence-electron chi connectivity index (χ4n) is 7.50. The minimum absolute atomic E-state index is 0.00840. The predicted octanol–water partition coefficient (Wildman–Crippen LogP) is 6.60. The van der Waals surface area contributed by atoms with E-state index in [1.807, 2.05) is 44.7 Å². The summed E-state index contributed by atoms with van der Waals surface area (Å²) in [5, 5.41) is 0.905. The quantitative estimate of drug-likeness (QED) is 0.0616. The van der Waals surface area contributed by atoms with Gasteiger partial charge in [0.1, 0.15) is 0 Å². The van der Waals surface area contributed by atoms with Gasteiger partial charge in [-0.2, -0.15) is 25.3 Å². The van der Waals surface area contributed by atoms with E-state index in [1.54, 1.807) is 55.5 Å². The van der Waals surface area contributed by atoms with Crippen molar-refractivity contribution in [2.75, 3.05) is 29.5 Å². The maximum absolute atomic E-state index is 12.7. The molecular formula is C44H51ClN4O13S3. The zero-order valence-corrected chi connectivity index (χ0v) is 39.6. The van der Waals surface area contributed by atoms with E-state index >= 15 is 0 Å². The molecule has 0 spiro atoms. The third-order valence-electron chi connectivity index (χ3n) is 11.0. The summed E-state index contributed by atoms with van der Waals surface area (Å²) < 4.78 is 99.3. The number of anilines is 1. The maximum Gasteiger partial charge on any atom is 0.333 e. The van der Waals surface area contributed by atoms with Crippen LogP contribution in [0, 0.1) is 5.41 Å². The van der Waals surface area contributed by atoms with E-state index in [9.17, 15) is 53.3 Å². The molecule has 0 saturated carbocycles. The number of nitrogens with zero attached hydrogens (tertiary/aromatic N) is 4. The van der Waals surface area contributed by atoms with E-state index in [1.165, 1.54) is 18.2 Å². The molecule has 2 aromatic carbocycles. The first kappa shape index (κ1) is 50.9. The number of hydrogen-bond donors (Lipinski definition) is 3. The highest BCUT2D eigenvalue weighted by atomic mass is 35.5. The average Bonchev–Trinajstić information content (AvgIpc) is 3.73. The number of carbonyl (C=O) groups excluding carboxylic acids is 3. The Bertz CT molecular complexity index is 2810. The molecule has 0 unspecified atom stereocenters. The number of fused-ring (bicyclic) bond motifs is 1. The Hall–Kier alpha value is -5.09. The summed E-state index contributed by atoms with van der Waals surface area (Å²) in [5.74, 6) is -2.66. The summed E-state index contributed by atoms with van der Waals surface area (Å²) in [6.07, 6.45) is 10.6. The Balaban J connectivity index is 1.61. The first-order valence-electron chi connectivity index (χ1n) is 20.5. The second kappa shape index (κ2) is 20.2. The Kier molecular flexibility index (Phi) is 15.8. The summed E-state index contributed by atoms with van der Waals surface area (Å²) in [4.78, 5) is 52.7. The molecule has 3 aliphatic rings. The van der Waals surface area contributed by atoms with Crippen molar-refractivity contribution in [3.63, 3.8) is 0 Å². The molecule has 1 fully saturated rings. The van der Waals surface area contributed by atoms with Crippen molar-refractivity contribution in [2.24, 2.45) is 15.4 Å². The minimum atomic E-state index is -4.59. The van der Waals surface area contributed by atoms with Crippen LogP contribution < -0.4 is 4.90 Å². The van der Waals surface area contributed by atoms with Crippen LogP contribution in [0.5, 0.6) is 0 Å². The fraction of sp³-hybridized carbons (Fsp3) is 0.386. The van der Waals surface area contributed by atoms with Crippen LogP contribution >= 0.6 is 11.6 Å². The van der Waals surface area contributed by atoms with Gasteiger partial charge in [0.05, 0.1) is 28.5 Å². The van der Waals surface area contributed by atoms with Crippen LogP contribution in [0.25, 0.3) is 5.57 Å². The number of hydrogen-bond acceptors (Lipinski definition) is 12. The van der Waals surface area contributed by atoms with Gasteiger partial charge in [-0.15, -0.1) is 5.06 Å². The Morgan fingerprint density at radius 1 is 0.923 bits per heavy atom. The number of benzene rings is 2. The van der Waals surface area contributed by atoms with Gasteiger partial charge in [-0.3, -0.25) is 28.2 Å². The molecule has 21 heteroatoms. The van der Waals surface area contributed by atoms with E-state index in [-0.39, 0.29) is 56.5 Å². The van der Waals surface area contributed by atoms with Gasteiger partial charge in [0.25, 0.3) is 42.2 Å². The predicted molar refractivity (Wildman–Crippen MR) is 247 cm³/mol. The van der Waals surface area contributed by atoms with E-state index < -0.39 is 70.5 Å². The van der Waals surface area contributed by atoms with Crippen molar-refractivity contribution in [2.45, 2.75) is 83.5 Å². The highest BCUT2D eigenvalue weighted by Crippen LogP contribution is 2.49. The van der Waals surface area contributed by atoms with Crippen LogP contribution in [-0.4, -0.2) is 97.9 Å². The third-order valence-corrected chi connectivity index (χ3v) is 13.8. The van der Waals surface area contributed by atoms with Crippen LogP contribution in [0.15, 0.2) is 110 Å². The van der Waals surface area contributed by atoms with Crippen LogP contribution in [0.4, 0.5) is 5.69 Å². The summed E-state index contributed by atoms with van der Waals surface area (Å²) in [6, 6.07) is 11.4.